The summed E-state index contributed by atoms with van der Waals surface area (Å²) in [7, 11) is 0. The van der Waals surface area contributed by atoms with Crippen LogP contribution in [0.3, 0.4) is 0 Å². The normalized spacial score (nSPS) is 11.1. The zero-order valence-corrected chi connectivity index (χ0v) is 15.9. The van der Waals surface area contributed by atoms with Crippen molar-refractivity contribution in [3.05, 3.63) is 71.6 Å². The van der Waals surface area contributed by atoms with Crippen LogP contribution in [0.4, 0.5) is 0 Å². The van der Waals surface area contributed by atoms with Gasteiger partial charge in [-0.2, -0.15) is 0 Å². The van der Waals surface area contributed by atoms with Crippen LogP contribution in [0.15, 0.2) is 49.1 Å². The second-order valence-electron chi connectivity index (χ2n) is 6.86. The molecule has 4 aromatic rings. The molecular weight excluding hydrogens is 352 g/mol. The van der Waals surface area contributed by atoms with Crippen LogP contribution in [-0.2, 0) is 6.42 Å². The molecule has 0 saturated heterocycles. The number of nitrogens with zero attached hydrogens (tertiary/aromatic N) is 4. The third-order valence-corrected chi connectivity index (χ3v) is 4.95. The van der Waals surface area contributed by atoms with Crippen LogP contribution >= 0.6 is 0 Å². The van der Waals surface area contributed by atoms with Gasteiger partial charge >= 0.3 is 0 Å². The van der Waals surface area contributed by atoms with E-state index in [1.807, 2.05) is 12.1 Å². The molecule has 142 valence electrons. The molecule has 28 heavy (non-hydrogen) atoms. The Kier molecular flexibility index (Phi) is 4.89. The van der Waals surface area contributed by atoms with Crippen LogP contribution < -0.4 is 5.32 Å². The maximum atomic E-state index is 12.3. The summed E-state index contributed by atoms with van der Waals surface area (Å²) in [5.41, 5.74) is 6.10. The van der Waals surface area contributed by atoms with Crippen LogP contribution in [0.5, 0.6) is 0 Å². The van der Waals surface area contributed by atoms with Crippen molar-refractivity contribution in [2.24, 2.45) is 0 Å². The Bertz CT molecular complexity index is 1100. The highest BCUT2D eigenvalue weighted by atomic mass is 16.1. The number of fused-ring (bicyclic) bond motifs is 1. The lowest BCUT2D eigenvalue weighted by atomic mass is 10.1. The van der Waals surface area contributed by atoms with Crippen LogP contribution in [0.25, 0.3) is 16.7 Å². The minimum absolute atomic E-state index is 0.0774. The fraction of sp³-hybridized carbons (Fsp3) is 0.238. The van der Waals surface area contributed by atoms with Crippen molar-refractivity contribution in [2.75, 3.05) is 6.54 Å². The summed E-state index contributed by atoms with van der Waals surface area (Å²) in [6.45, 7) is 4.79. The lowest BCUT2D eigenvalue weighted by Crippen LogP contribution is -2.24. The number of rotatable bonds is 6. The van der Waals surface area contributed by atoms with Gasteiger partial charge in [0.05, 0.1) is 11.0 Å². The van der Waals surface area contributed by atoms with Gasteiger partial charge in [-0.05, 0) is 61.7 Å². The Balaban J connectivity index is 1.30. The molecule has 7 heteroatoms. The van der Waals surface area contributed by atoms with Crippen molar-refractivity contribution >= 4 is 16.9 Å². The van der Waals surface area contributed by atoms with Crippen molar-refractivity contribution in [3.8, 4) is 5.69 Å². The molecule has 7 nitrogen and oxygen atoms in total. The Hall–Kier alpha value is -3.48. The Labute approximate surface area is 162 Å². The van der Waals surface area contributed by atoms with E-state index >= 15 is 0 Å². The van der Waals surface area contributed by atoms with Crippen molar-refractivity contribution in [1.82, 2.24) is 30.0 Å². The number of hydrogen-bond acceptors (Lipinski definition) is 4. The third kappa shape index (κ3) is 3.64. The number of H-pyrrole nitrogens is 1. The largest absolute Gasteiger partial charge is 0.352 e. The van der Waals surface area contributed by atoms with Crippen molar-refractivity contribution < 1.29 is 4.79 Å². The zero-order valence-electron chi connectivity index (χ0n) is 15.9. The predicted molar refractivity (Wildman–Crippen MR) is 108 cm³/mol. The van der Waals surface area contributed by atoms with Gasteiger partial charge in [0, 0.05) is 24.2 Å². The fourth-order valence-corrected chi connectivity index (χ4v) is 3.16. The molecule has 2 aromatic carbocycles. The maximum Gasteiger partial charge on any atom is 0.251 e. The molecule has 0 aliphatic rings. The first-order valence-corrected chi connectivity index (χ1v) is 9.30. The molecule has 0 bridgehead atoms. The topological polar surface area (TPSA) is 88.5 Å². The molecule has 0 unspecified atom stereocenters. The summed E-state index contributed by atoms with van der Waals surface area (Å²) < 4.78 is 1.79. The van der Waals surface area contributed by atoms with Crippen LogP contribution in [0.2, 0.25) is 0 Å². The third-order valence-electron chi connectivity index (χ3n) is 4.95. The van der Waals surface area contributed by atoms with E-state index in [-0.39, 0.29) is 5.91 Å². The number of hydrogen-bond donors (Lipinski definition) is 2. The summed E-state index contributed by atoms with van der Waals surface area (Å²) in [5.74, 6) is 0.877. The number of aromatic amines is 1. The van der Waals surface area contributed by atoms with Crippen molar-refractivity contribution in [1.29, 1.82) is 0 Å². The summed E-state index contributed by atoms with van der Waals surface area (Å²) in [6, 6.07) is 11.5. The maximum absolute atomic E-state index is 12.3. The van der Waals surface area contributed by atoms with Gasteiger partial charge in [-0.25, -0.2) is 4.98 Å². The second-order valence-corrected chi connectivity index (χ2v) is 6.86. The molecular formula is C21H22N6O. The smallest absolute Gasteiger partial charge is 0.251 e. The average molecular weight is 374 g/mol. The average Bonchev–Trinajstić information content (AvgIpc) is 3.38. The lowest BCUT2D eigenvalue weighted by molar-refractivity contribution is 0.0953. The van der Waals surface area contributed by atoms with E-state index in [2.05, 4.69) is 46.5 Å². The standard InChI is InChI=1S/C21H22N6O/c1-14-5-10-18-20(15(14)2)26-19(25-18)4-3-11-22-21(28)16-6-8-17(9-7-16)27-12-23-24-13-27/h5-10,12-13H,3-4,11H2,1-2H3,(H,22,28)(H,25,26). The van der Waals surface area contributed by atoms with E-state index in [1.165, 1.54) is 11.1 Å². The van der Waals surface area contributed by atoms with Crippen LogP contribution in [0, 0.1) is 13.8 Å². The molecule has 0 spiro atoms. The Morgan fingerprint density at radius 3 is 2.57 bits per heavy atom. The van der Waals surface area contributed by atoms with Gasteiger partial charge in [0.25, 0.3) is 5.91 Å². The highest BCUT2D eigenvalue weighted by Crippen LogP contribution is 2.19. The fourth-order valence-electron chi connectivity index (χ4n) is 3.16. The van der Waals surface area contributed by atoms with E-state index in [4.69, 9.17) is 4.98 Å². The van der Waals surface area contributed by atoms with E-state index < -0.39 is 0 Å². The first-order valence-electron chi connectivity index (χ1n) is 9.30. The summed E-state index contributed by atoms with van der Waals surface area (Å²) in [5, 5.41) is 10.5. The van der Waals surface area contributed by atoms with E-state index in [1.54, 1.807) is 29.4 Å². The number of nitrogens with one attached hydrogen (secondary N) is 2. The van der Waals surface area contributed by atoms with Gasteiger partial charge in [-0.15, -0.1) is 10.2 Å². The first kappa shape index (κ1) is 17.9. The number of aryl methyl sites for hydroxylation is 3. The molecule has 0 aliphatic heterocycles. The number of amides is 1. The molecule has 0 radical (unpaired) electrons. The summed E-state index contributed by atoms with van der Waals surface area (Å²) >= 11 is 0. The Morgan fingerprint density at radius 2 is 1.82 bits per heavy atom. The van der Waals surface area contributed by atoms with Gasteiger partial charge in [-0.1, -0.05) is 6.07 Å². The molecule has 1 amide bonds. The monoisotopic (exact) mass is 374 g/mol. The van der Waals surface area contributed by atoms with Gasteiger partial charge in [-0.3, -0.25) is 9.36 Å². The SMILES string of the molecule is Cc1ccc2[nH]c(CCCNC(=O)c3ccc(-n4cnnc4)cc3)nc2c1C. The summed E-state index contributed by atoms with van der Waals surface area (Å²) in [4.78, 5) is 20.4. The number of imidazole rings is 1. The molecule has 4 rings (SSSR count). The van der Waals surface area contributed by atoms with Gasteiger partial charge < -0.3 is 10.3 Å². The highest BCUT2D eigenvalue weighted by molar-refractivity contribution is 5.94. The van der Waals surface area contributed by atoms with E-state index in [9.17, 15) is 4.79 Å². The van der Waals surface area contributed by atoms with Crippen molar-refractivity contribution in [2.45, 2.75) is 26.7 Å². The number of aromatic nitrogens is 5. The number of benzene rings is 2. The molecule has 2 aromatic heterocycles. The molecule has 0 saturated carbocycles. The lowest BCUT2D eigenvalue weighted by Gasteiger charge is -2.06. The van der Waals surface area contributed by atoms with E-state index in [0.717, 1.165) is 35.4 Å². The zero-order chi connectivity index (χ0) is 19.5. The molecule has 0 atom stereocenters. The quantitative estimate of drug-likeness (QED) is 0.508. The van der Waals surface area contributed by atoms with Crippen molar-refractivity contribution in [3.63, 3.8) is 0 Å². The van der Waals surface area contributed by atoms with Gasteiger partial charge in [0.2, 0.25) is 0 Å². The van der Waals surface area contributed by atoms with Crippen LogP contribution in [0.1, 0.15) is 33.7 Å². The molecule has 2 N–H and O–H groups in total. The minimum atomic E-state index is -0.0774. The first-order chi connectivity index (χ1) is 13.6. The van der Waals surface area contributed by atoms with Crippen LogP contribution in [-0.4, -0.2) is 37.2 Å². The number of carbonyl (C=O) groups excluding carboxylic acids is 1. The Morgan fingerprint density at radius 1 is 1.07 bits per heavy atom. The molecule has 0 fully saturated rings. The number of carbonyl (C=O) groups is 1. The van der Waals surface area contributed by atoms with Gasteiger partial charge in [0.1, 0.15) is 18.5 Å². The van der Waals surface area contributed by atoms with Gasteiger partial charge in [0.15, 0.2) is 0 Å². The second kappa shape index (κ2) is 7.64. The molecule has 2 heterocycles. The molecule has 0 aliphatic carbocycles. The highest BCUT2D eigenvalue weighted by Gasteiger charge is 2.08. The van der Waals surface area contributed by atoms with E-state index in [0.29, 0.717) is 12.1 Å². The minimum Gasteiger partial charge on any atom is -0.352 e. The summed E-state index contributed by atoms with van der Waals surface area (Å²) in [6.07, 6.45) is 4.86. The predicted octanol–water partition coefficient (Wildman–Crippen LogP) is 3.12.